The minimum Gasteiger partial charge on any atom is -0.496 e. The lowest BCUT2D eigenvalue weighted by molar-refractivity contribution is -0.275. The third-order valence-corrected chi connectivity index (χ3v) is 16.4. The van der Waals surface area contributed by atoms with E-state index in [1.807, 2.05) is 16.7 Å². The Balaban J connectivity index is 0.000000180. The van der Waals surface area contributed by atoms with Crippen LogP contribution in [0, 0.1) is 10.8 Å². The van der Waals surface area contributed by atoms with E-state index in [9.17, 15) is 55.1 Å². The van der Waals surface area contributed by atoms with Crippen molar-refractivity contribution >= 4 is 116 Å². The van der Waals surface area contributed by atoms with Gasteiger partial charge in [0.1, 0.15) is 46.4 Å². The fraction of sp³-hybridized carbons (Fsp3) is 0.178. The summed E-state index contributed by atoms with van der Waals surface area (Å²) in [6, 6.07) is 38.7. The van der Waals surface area contributed by atoms with Crippen LogP contribution in [0.25, 0.3) is 0 Å². The second-order valence-corrected chi connectivity index (χ2v) is 24.4. The van der Waals surface area contributed by atoms with Crippen LogP contribution in [-0.4, -0.2) is 130 Å². The summed E-state index contributed by atoms with van der Waals surface area (Å²) >= 11 is 23.6. The van der Waals surface area contributed by atoms with Crippen LogP contribution in [0.5, 0.6) is 17.2 Å². The number of benzene rings is 6. The molecular weight excluding hydrogens is 1430 g/mol. The van der Waals surface area contributed by atoms with E-state index in [1.54, 1.807) is 98.0 Å². The number of pyridine rings is 3. The van der Waals surface area contributed by atoms with Gasteiger partial charge in [0.05, 0.1) is 22.2 Å². The lowest BCUT2D eigenvalue weighted by Gasteiger charge is -2.33. The molecule has 9 aromatic rings. The molecule has 2 aliphatic heterocycles. The van der Waals surface area contributed by atoms with Crippen molar-refractivity contribution in [1.29, 1.82) is 10.8 Å². The second kappa shape index (κ2) is 34.1. The number of Topliss-reactive ketones (excluding diaryl/α,β-unsaturated/α-hetero) is 3. The van der Waals surface area contributed by atoms with Crippen molar-refractivity contribution in [2.45, 2.75) is 45.3 Å². The van der Waals surface area contributed by atoms with Gasteiger partial charge in [-0.3, -0.25) is 44.6 Å². The Morgan fingerprint density at radius 1 is 0.466 bits per heavy atom. The first-order valence-corrected chi connectivity index (χ1v) is 32.4. The number of rotatable bonds is 21. The van der Waals surface area contributed by atoms with Crippen molar-refractivity contribution in [1.82, 2.24) is 24.8 Å². The number of halogens is 10. The van der Waals surface area contributed by atoms with Gasteiger partial charge in [0, 0.05) is 132 Å². The van der Waals surface area contributed by atoms with E-state index < -0.39 is 41.9 Å². The molecule has 530 valence electrons. The maximum atomic E-state index is 13.1. The van der Waals surface area contributed by atoms with E-state index in [0.29, 0.717) is 71.1 Å². The summed E-state index contributed by atoms with van der Waals surface area (Å²) in [4.78, 5) is 97.5. The van der Waals surface area contributed by atoms with Crippen molar-refractivity contribution in [2.24, 2.45) is 4.99 Å². The van der Waals surface area contributed by atoms with E-state index in [-0.39, 0.29) is 76.1 Å². The molecule has 0 radical (unpaired) electrons. The van der Waals surface area contributed by atoms with Crippen molar-refractivity contribution < 1.29 is 69.3 Å². The normalized spacial score (nSPS) is 12.4. The number of alkyl halides is 6. The molecule has 0 atom stereocenters. The SMILES string of the molecule is CN=C(C)c1ccc(C(=O)Cc2ccc(OC(F)(F)F)cc2C(=O)Nc2ccc(Cl)cn2)cc1.COc1cc(Cl)cc(C(=O)Nc2ccc(Cl)cn2)c1CC(=O)c1ccc(C(=N)N2CC2)cc1.N=C(c1ccc(C(=O)Cc2ccc(OC(F)(F)F)cc2C(=O)Nc2ccc(Cl)cn2)cc1)N1CCC1. The molecule has 2 aliphatic rings. The number of anilines is 3. The molecule has 0 aliphatic carbocycles. The maximum absolute atomic E-state index is 13.1. The van der Waals surface area contributed by atoms with Crippen molar-refractivity contribution in [3.8, 4) is 17.2 Å². The van der Waals surface area contributed by atoms with E-state index in [2.05, 4.69) is 45.4 Å². The smallest absolute Gasteiger partial charge is 0.496 e. The molecule has 11 rings (SSSR count). The van der Waals surface area contributed by atoms with E-state index in [0.717, 1.165) is 73.7 Å². The topological polar surface area (TPSA) is 271 Å². The van der Waals surface area contributed by atoms with Gasteiger partial charge >= 0.3 is 12.7 Å². The van der Waals surface area contributed by atoms with Crippen LogP contribution in [0.3, 0.4) is 0 Å². The quantitative estimate of drug-likeness (QED) is 0.0147. The van der Waals surface area contributed by atoms with Gasteiger partial charge < -0.3 is 40.0 Å². The van der Waals surface area contributed by atoms with Crippen LogP contribution in [0.4, 0.5) is 43.8 Å². The molecule has 20 nitrogen and oxygen atoms in total. The number of ether oxygens (including phenoxy) is 3. The van der Waals surface area contributed by atoms with Gasteiger partial charge in [-0.1, -0.05) is 131 Å². The summed E-state index contributed by atoms with van der Waals surface area (Å²) in [6.07, 6.45) is -5.36. The van der Waals surface area contributed by atoms with Crippen LogP contribution in [0.1, 0.15) is 109 Å². The Labute approximate surface area is 605 Å². The van der Waals surface area contributed by atoms with Crippen molar-refractivity contribution in [2.75, 3.05) is 56.3 Å². The number of ketones is 3. The summed E-state index contributed by atoms with van der Waals surface area (Å²) in [6.45, 7) is 5.24. The van der Waals surface area contributed by atoms with Gasteiger partial charge in [-0.25, -0.2) is 15.0 Å². The number of hydrogen-bond donors (Lipinski definition) is 5. The molecule has 0 saturated carbocycles. The van der Waals surface area contributed by atoms with Crippen molar-refractivity contribution in [3.05, 3.63) is 263 Å². The van der Waals surface area contributed by atoms with Gasteiger partial charge in [0.15, 0.2) is 17.3 Å². The molecule has 0 bridgehead atoms. The Morgan fingerprint density at radius 3 is 1.16 bits per heavy atom. The molecular formula is C73H59Cl4F6N11O9. The molecule has 0 spiro atoms. The second-order valence-electron chi connectivity index (χ2n) is 22.7. The van der Waals surface area contributed by atoms with Gasteiger partial charge in [-0.2, -0.15) is 0 Å². The largest absolute Gasteiger partial charge is 0.573 e. The maximum Gasteiger partial charge on any atom is 0.573 e. The summed E-state index contributed by atoms with van der Waals surface area (Å²) in [5.74, 6) is -2.29. The first-order valence-electron chi connectivity index (χ1n) is 30.9. The number of nitrogens with one attached hydrogen (secondary N) is 5. The van der Waals surface area contributed by atoms with Crippen LogP contribution in [-0.2, 0) is 19.3 Å². The van der Waals surface area contributed by atoms with Gasteiger partial charge in [0.25, 0.3) is 17.7 Å². The van der Waals surface area contributed by atoms with E-state index >= 15 is 0 Å². The standard InChI is InChI=1S/C25H20ClF3N4O3.C24H20Cl2N4O3.C24H19ClF3N3O3/c26-18-7-9-22(31-14-18)32-24(35)20-13-19(36-25(27,28)29)8-6-17(20)12-21(34)15-2-4-16(5-3-15)23(30)33-10-1-11-33;1-33-21-11-17(26)10-19(24(32)29-22-7-6-16(25)13-28-22)18(21)12-20(31)14-2-4-15(5-3-14)23(27)30-8-9-30;1-14(29-2)15-3-5-16(6-4-15)21(32)11-17-7-9-19(34-24(26,27)28)12-20(17)23(33)31-22-10-8-18(25)13-30-22/h2-9,13-14,30H,1,10-12H2,(H,31,32,35);2-7,10-11,13,27H,8-9,12H2,1H3,(H,28,29,32);3-10,12-13H,11H2,1-2H3,(H,30,31,33). The zero-order valence-corrected chi connectivity index (χ0v) is 57.6. The molecule has 103 heavy (non-hydrogen) atoms. The minimum atomic E-state index is -4.95. The predicted octanol–water partition coefficient (Wildman–Crippen LogP) is 15.8. The summed E-state index contributed by atoms with van der Waals surface area (Å²) in [5.41, 5.74) is 5.01. The summed E-state index contributed by atoms with van der Waals surface area (Å²) < 4.78 is 89.6. The van der Waals surface area contributed by atoms with Crippen LogP contribution in [0.15, 0.2) is 181 Å². The molecule has 2 saturated heterocycles. The molecule has 5 N–H and O–H groups in total. The molecule has 2 fully saturated rings. The zero-order valence-electron chi connectivity index (χ0n) is 54.5. The lowest BCUT2D eigenvalue weighted by Crippen LogP contribution is -2.42. The van der Waals surface area contributed by atoms with Crippen LogP contribution >= 0.6 is 46.4 Å². The van der Waals surface area contributed by atoms with Gasteiger partial charge in [0.2, 0.25) is 0 Å². The predicted molar refractivity (Wildman–Crippen MR) is 379 cm³/mol. The summed E-state index contributed by atoms with van der Waals surface area (Å²) in [5, 5.41) is 25.4. The highest BCUT2D eigenvalue weighted by Crippen LogP contribution is 2.32. The third-order valence-electron chi connectivity index (χ3n) is 15.6. The number of amidine groups is 2. The average molecular weight is 1490 g/mol. The number of nitrogens with zero attached hydrogens (tertiary/aromatic N) is 6. The number of methoxy groups -OCH3 is 1. The number of carbonyl (C=O) groups is 6. The molecule has 5 heterocycles. The molecule has 3 amide bonds. The Bertz CT molecular complexity index is 4680. The lowest BCUT2D eigenvalue weighted by atomic mass is 9.96. The summed E-state index contributed by atoms with van der Waals surface area (Å²) in [7, 11) is 3.11. The Hall–Kier alpha value is -11.1. The van der Waals surface area contributed by atoms with Gasteiger partial charge in [-0.05, 0) is 103 Å². The highest BCUT2D eigenvalue weighted by Gasteiger charge is 2.34. The molecule has 30 heteroatoms. The van der Waals surface area contributed by atoms with Gasteiger partial charge in [-0.15, -0.1) is 26.3 Å². The molecule has 0 unspecified atom stereocenters. The number of hydrogen-bond acceptors (Lipinski definition) is 15. The highest BCUT2D eigenvalue weighted by atomic mass is 35.5. The van der Waals surface area contributed by atoms with Crippen LogP contribution < -0.4 is 30.2 Å². The van der Waals surface area contributed by atoms with Crippen molar-refractivity contribution in [3.63, 3.8) is 0 Å². The Kier molecular flexibility index (Phi) is 25.2. The first kappa shape index (κ1) is 76.1. The van der Waals surface area contributed by atoms with E-state index in [4.69, 9.17) is 62.0 Å². The number of likely N-dealkylation sites (tertiary alicyclic amines) is 1. The molecule has 3 aromatic heterocycles. The fourth-order valence-corrected chi connectivity index (χ4v) is 10.5. The highest BCUT2D eigenvalue weighted by molar-refractivity contribution is 6.32. The monoisotopic (exact) mass is 1490 g/mol. The number of aromatic nitrogens is 3. The zero-order chi connectivity index (χ0) is 74.3. The third kappa shape index (κ3) is 21.7. The number of amides is 3. The average Bonchev–Trinajstić information content (AvgIpc) is 1.56. The molecule has 6 aromatic carbocycles. The number of aliphatic imine (C=N–C) groups is 1. The van der Waals surface area contributed by atoms with Crippen LogP contribution in [0.2, 0.25) is 20.1 Å². The number of carbonyl (C=O) groups excluding carboxylic acids is 6. The Morgan fingerprint density at radius 2 is 0.825 bits per heavy atom. The first-order chi connectivity index (χ1) is 49.0. The fourth-order valence-electron chi connectivity index (χ4n) is 9.96. The minimum absolute atomic E-state index is 0.0694. The van der Waals surface area contributed by atoms with E-state index in [1.165, 1.54) is 68.2 Å².